The molecule has 0 aliphatic heterocycles. The smallest absolute Gasteiger partial charge is 0.349 e. The number of rotatable bonds is 13. The van der Waals surface area contributed by atoms with Gasteiger partial charge in [0.15, 0.2) is 0 Å². The third kappa shape index (κ3) is 9.66. The molecule has 0 radical (unpaired) electrons. The number of nitrogens with one attached hydrogen (secondary N) is 2. The molecule has 0 aliphatic rings. The number of halogens is 3. The zero-order valence-corrected chi connectivity index (χ0v) is 21.4. The Morgan fingerprint density at radius 2 is 1.68 bits per heavy atom. The van der Waals surface area contributed by atoms with E-state index in [1.165, 1.54) is 11.3 Å². The monoisotopic (exact) mass is 549 g/mol. The number of ketones is 1. The number of Topliss-reactive ketones (excluding diaryl/α,β-unsaturated/α-hetero) is 1. The van der Waals surface area contributed by atoms with E-state index in [1.54, 1.807) is 12.1 Å². The van der Waals surface area contributed by atoms with Gasteiger partial charge < -0.3 is 10.6 Å². The fourth-order valence-electron chi connectivity index (χ4n) is 3.33. The number of nitrogens with zero attached hydrogens (tertiary/aromatic N) is 1. The third-order valence-electron chi connectivity index (χ3n) is 5.21. The SMILES string of the molecule is O=C(Cc1ccccc1)N[C@@H](CCCSCC(=O)C(F)(F)F)C(=O)NCc1csc(-c2ccccc2)n1. The predicted molar refractivity (Wildman–Crippen MR) is 139 cm³/mol. The van der Waals surface area contributed by atoms with Crippen molar-refractivity contribution in [2.45, 2.75) is 38.0 Å². The molecule has 0 saturated carbocycles. The lowest BCUT2D eigenvalue weighted by atomic mass is 10.1. The van der Waals surface area contributed by atoms with Crippen molar-refractivity contribution in [1.29, 1.82) is 0 Å². The first kappa shape index (κ1) is 28.4. The number of hydrogen-bond acceptors (Lipinski definition) is 6. The quantitative estimate of drug-likeness (QED) is 0.299. The zero-order chi connectivity index (χ0) is 26.7. The average molecular weight is 550 g/mol. The second-order valence-corrected chi connectivity index (χ2v) is 10.1. The van der Waals surface area contributed by atoms with Crippen molar-refractivity contribution in [3.05, 3.63) is 77.3 Å². The summed E-state index contributed by atoms with van der Waals surface area (Å²) in [6.45, 7) is 0.169. The van der Waals surface area contributed by atoms with Crippen molar-refractivity contribution in [2.75, 3.05) is 11.5 Å². The Hall–Kier alpha value is -3.18. The van der Waals surface area contributed by atoms with Gasteiger partial charge in [-0.15, -0.1) is 11.3 Å². The van der Waals surface area contributed by atoms with E-state index >= 15 is 0 Å². The molecule has 3 rings (SSSR count). The summed E-state index contributed by atoms with van der Waals surface area (Å²) in [7, 11) is 0. The van der Waals surface area contributed by atoms with Crippen LogP contribution in [0, 0.1) is 0 Å². The number of amides is 2. The van der Waals surface area contributed by atoms with Crippen molar-refractivity contribution >= 4 is 40.7 Å². The lowest BCUT2D eigenvalue weighted by molar-refractivity contribution is -0.167. The van der Waals surface area contributed by atoms with Crippen LogP contribution in [0.25, 0.3) is 10.6 Å². The summed E-state index contributed by atoms with van der Waals surface area (Å²) in [5.41, 5.74) is 2.43. The Morgan fingerprint density at radius 1 is 1.00 bits per heavy atom. The van der Waals surface area contributed by atoms with E-state index in [1.807, 2.05) is 53.9 Å². The molecule has 11 heteroatoms. The highest BCUT2D eigenvalue weighted by Gasteiger charge is 2.37. The fourth-order valence-corrected chi connectivity index (χ4v) is 5.02. The van der Waals surface area contributed by atoms with Gasteiger partial charge in [-0.25, -0.2) is 4.98 Å². The Morgan fingerprint density at radius 3 is 2.35 bits per heavy atom. The summed E-state index contributed by atoms with van der Waals surface area (Å²) in [4.78, 5) is 41.1. The number of hydrogen-bond donors (Lipinski definition) is 2. The van der Waals surface area contributed by atoms with Gasteiger partial charge in [0.1, 0.15) is 11.0 Å². The van der Waals surface area contributed by atoms with E-state index in [2.05, 4.69) is 15.6 Å². The van der Waals surface area contributed by atoms with Gasteiger partial charge in [0, 0.05) is 10.9 Å². The van der Waals surface area contributed by atoms with Crippen molar-refractivity contribution in [1.82, 2.24) is 15.6 Å². The van der Waals surface area contributed by atoms with Crippen LogP contribution in [0.15, 0.2) is 66.0 Å². The van der Waals surface area contributed by atoms with Crippen LogP contribution in [0.3, 0.4) is 0 Å². The molecule has 0 fully saturated rings. The highest BCUT2D eigenvalue weighted by atomic mass is 32.2. The van der Waals surface area contributed by atoms with E-state index < -0.39 is 29.7 Å². The van der Waals surface area contributed by atoms with E-state index in [4.69, 9.17) is 0 Å². The Bertz CT molecular complexity index is 1170. The van der Waals surface area contributed by atoms with Gasteiger partial charge in [0.05, 0.1) is 24.4 Å². The van der Waals surface area contributed by atoms with Crippen LogP contribution < -0.4 is 10.6 Å². The number of aromatic nitrogens is 1. The number of thiazole rings is 1. The van der Waals surface area contributed by atoms with Gasteiger partial charge in [0.25, 0.3) is 0 Å². The Kier molecular flexibility index (Phi) is 10.7. The van der Waals surface area contributed by atoms with Gasteiger partial charge in [0.2, 0.25) is 17.6 Å². The molecular weight excluding hydrogens is 523 g/mol. The van der Waals surface area contributed by atoms with Crippen LogP contribution in [0.5, 0.6) is 0 Å². The minimum absolute atomic E-state index is 0.0893. The molecular formula is C26H26F3N3O3S2. The van der Waals surface area contributed by atoms with Crippen LogP contribution in [-0.2, 0) is 27.3 Å². The number of carbonyl (C=O) groups excluding carboxylic acids is 3. The molecule has 37 heavy (non-hydrogen) atoms. The normalized spacial score (nSPS) is 12.1. The summed E-state index contributed by atoms with van der Waals surface area (Å²) in [5.74, 6) is -2.97. The molecule has 0 aliphatic carbocycles. The fraction of sp³-hybridized carbons (Fsp3) is 0.308. The second-order valence-electron chi connectivity index (χ2n) is 8.13. The molecule has 0 saturated heterocycles. The van der Waals surface area contributed by atoms with Crippen LogP contribution in [-0.4, -0.2) is 46.3 Å². The van der Waals surface area contributed by atoms with Crippen LogP contribution >= 0.6 is 23.1 Å². The first-order chi connectivity index (χ1) is 17.7. The van der Waals surface area contributed by atoms with E-state index in [0.29, 0.717) is 12.1 Å². The Balaban J connectivity index is 1.55. The summed E-state index contributed by atoms with van der Waals surface area (Å²) in [6, 6.07) is 17.8. The molecule has 196 valence electrons. The summed E-state index contributed by atoms with van der Waals surface area (Å²) in [6.07, 6.45) is -4.21. The maximum atomic E-state index is 12.9. The first-order valence-corrected chi connectivity index (χ1v) is 13.5. The second kappa shape index (κ2) is 13.9. The molecule has 0 unspecified atom stereocenters. The van der Waals surface area contributed by atoms with E-state index in [-0.39, 0.29) is 31.0 Å². The minimum Gasteiger partial charge on any atom is -0.349 e. The topological polar surface area (TPSA) is 88.2 Å². The van der Waals surface area contributed by atoms with Gasteiger partial charge in [-0.3, -0.25) is 14.4 Å². The maximum Gasteiger partial charge on any atom is 0.450 e. The molecule has 1 atom stereocenters. The van der Waals surface area contributed by atoms with Crippen molar-refractivity contribution < 1.29 is 27.6 Å². The standard InChI is InChI=1S/C26H26F3N3O3S2/c27-26(28,29)22(33)17-36-13-7-12-21(32-23(34)14-18-8-3-1-4-9-18)24(35)30-15-20-16-37-25(31-20)19-10-5-2-6-11-19/h1-6,8-11,16,21H,7,12-15,17H2,(H,30,35)(H,32,34)/t21-/m0/s1. The lowest BCUT2D eigenvalue weighted by Crippen LogP contribution is -2.47. The average Bonchev–Trinajstić information content (AvgIpc) is 3.36. The molecule has 1 aromatic heterocycles. The molecule has 0 spiro atoms. The van der Waals surface area contributed by atoms with Crippen LogP contribution in [0.1, 0.15) is 24.1 Å². The van der Waals surface area contributed by atoms with Crippen molar-refractivity contribution in [3.63, 3.8) is 0 Å². The summed E-state index contributed by atoms with van der Waals surface area (Å²) >= 11 is 2.31. The number of thioether (sulfide) groups is 1. The number of benzene rings is 2. The van der Waals surface area contributed by atoms with Gasteiger partial charge in [-0.05, 0) is 24.2 Å². The highest BCUT2D eigenvalue weighted by molar-refractivity contribution is 7.99. The molecule has 6 nitrogen and oxygen atoms in total. The molecule has 0 bridgehead atoms. The minimum atomic E-state index is -4.85. The number of alkyl halides is 3. The number of carbonyl (C=O) groups is 3. The molecule has 2 aromatic carbocycles. The highest BCUT2D eigenvalue weighted by Crippen LogP contribution is 2.23. The van der Waals surface area contributed by atoms with Gasteiger partial charge >= 0.3 is 6.18 Å². The molecule has 3 aromatic rings. The summed E-state index contributed by atoms with van der Waals surface area (Å²) < 4.78 is 37.1. The van der Waals surface area contributed by atoms with Crippen LogP contribution in [0.4, 0.5) is 13.2 Å². The molecule has 1 heterocycles. The van der Waals surface area contributed by atoms with E-state index in [0.717, 1.165) is 27.9 Å². The van der Waals surface area contributed by atoms with Crippen molar-refractivity contribution in [3.8, 4) is 10.6 Å². The predicted octanol–water partition coefficient (Wildman–Crippen LogP) is 4.80. The first-order valence-electron chi connectivity index (χ1n) is 11.5. The zero-order valence-electron chi connectivity index (χ0n) is 19.8. The Labute approximate surface area is 221 Å². The third-order valence-corrected chi connectivity index (χ3v) is 7.19. The largest absolute Gasteiger partial charge is 0.450 e. The van der Waals surface area contributed by atoms with E-state index in [9.17, 15) is 27.6 Å². The summed E-state index contributed by atoms with van der Waals surface area (Å²) in [5, 5.41) is 8.19. The molecule has 2 amide bonds. The van der Waals surface area contributed by atoms with Crippen LogP contribution in [0.2, 0.25) is 0 Å². The van der Waals surface area contributed by atoms with Crippen molar-refractivity contribution in [2.24, 2.45) is 0 Å². The lowest BCUT2D eigenvalue weighted by Gasteiger charge is -2.18. The van der Waals surface area contributed by atoms with Gasteiger partial charge in [-0.1, -0.05) is 60.7 Å². The molecule has 2 N–H and O–H groups in total. The van der Waals surface area contributed by atoms with Gasteiger partial charge in [-0.2, -0.15) is 24.9 Å². The maximum absolute atomic E-state index is 12.9.